The van der Waals surface area contributed by atoms with E-state index in [1.165, 1.54) is 5.56 Å². The standard InChI is InChI=1S/C14H19N3O/c1-11(2)9-17-13(15-16-14(17)10-18)8-12-6-4-3-5-7-12/h3-7,11,18H,8-10H2,1-2H3. The minimum absolute atomic E-state index is 0.0610. The third kappa shape index (κ3) is 2.96. The lowest BCUT2D eigenvalue weighted by atomic mass is 10.1. The first-order valence-electron chi connectivity index (χ1n) is 6.26. The van der Waals surface area contributed by atoms with Crippen LogP contribution in [0.2, 0.25) is 0 Å². The zero-order valence-corrected chi connectivity index (χ0v) is 10.9. The van der Waals surface area contributed by atoms with Crippen LogP contribution in [0.1, 0.15) is 31.1 Å². The van der Waals surface area contributed by atoms with Gasteiger partial charge < -0.3 is 9.67 Å². The van der Waals surface area contributed by atoms with Gasteiger partial charge in [-0.15, -0.1) is 10.2 Å². The first kappa shape index (κ1) is 12.8. The molecule has 0 spiro atoms. The third-order valence-corrected chi connectivity index (χ3v) is 2.80. The van der Waals surface area contributed by atoms with Crippen LogP contribution in [0.15, 0.2) is 30.3 Å². The Hall–Kier alpha value is -1.68. The molecule has 0 amide bonds. The topological polar surface area (TPSA) is 50.9 Å². The summed E-state index contributed by atoms with van der Waals surface area (Å²) in [4.78, 5) is 0. The van der Waals surface area contributed by atoms with E-state index in [4.69, 9.17) is 0 Å². The van der Waals surface area contributed by atoms with Crippen LogP contribution in [0.5, 0.6) is 0 Å². The number of benzene rings is 1. The first-order chi connectivity index (χ1) is 8.70. The summed E-state index contributed by atoms with van der Waals surface area (Å²) in [5.74, 6) is 2.06. The van der Waals surface area contributed by atoms with Crippen molar-refractivity contribution in [1.29, 1.82) is 0 Å². The lowest BCUT2D eigenvalue weighted by Crippen LogP contribution is -2.12. The van der Waals surface area contributed by atoms with E-state index in [0.717, 1.165) is 18.8 Å². The van der Waals surface area contributed by atoms with Gasteiger partial charge in [-0.1, -0.05) is 44.2 Å². The van der Waals surface area contributed by atoms with Crippen molar-refractivity contribution in [3.63, 3.8) is 0 Å². The van der Waals surface area contributed by atoms with Gasteiger partial charge in [-0.3, -0.25) is 0 Å². The summed E-state index contributed by atoms with van der Waals surface area (Å²) < 4.78 is 2.03. The van der Waals surface area contributed by atoms with E-state index in [9.17, 15) is 5.11 Å². The molecule has 0 aliphatic carbocycles. The maximum absolute atomic E-state index is 9.29. The van der Waals surface area contributed by atoms with Gasteiger partial charge in [0.1, 0.15) is 12.4 Å². The molecule has 0 aliphatic heterocycles. The van der Waals surface area contributed by atoms with Crippen molar-refractivity contribution >= 4 is 0 Å². The smallest absolute Gasteiger partial charge is 0.158 e. The predicted octanol–water partition coefficient (Wildman–Crippen LogP) is 2.02. The number of nitrogens with zero attached hydrogens (tertiary/aromatic N) is 3. The Kier molecular flexibility index (Phi) is 4.10. The number of hydrogen-bond donors (Lipinski definition) is 1. The van der Waals surface area contributed by atoms with Crippen molar-refractivity contribution < 1.29 is 5.11 Å². The van der Waals surface area contributed by atoms with Gasteiger partial charge in [-0.25, -0.2) is 0 Å². The summed E-state index contributed by atoms with van der Waals surface area (Å²) in [7, 11) is 0. The molecule has 4 nitrogen and oxygen atoms in total. The quantitative estimate of drug-likeness (QED) is 0.876. The van der Waals surface area contributed by atoms with E-state index in [0.29, 0.717) is 11.7 Å². The van der Waals surface area contributed by atoms with Crippen LogP contribution in [0, 0.1) is 5.92 Å². The van der Waals surface area contributed by atoms with Gasteiger partial charge in [-0.05, 0) is 11.5 Å². The predicted molar refractivity (Wildman–Crippen MR) is 70.0 cm³/mol. The van der Waals surface area contributed by atoms with Crippen molar-refractivity contribution in [3.05, 3.63) is 47.5 Å². The zero-order valence-electron chi connectivity index (χ0n) is 10.9. The molecular formula is C14H19N3O. The van der Waals surface area contributed by atoms with Crippen molar-refractivity contribution in [1.82, 2.24) is 14.8 Å². The molecule has 1 heterocycles. The molecule has 0 radical (unpaired) electrons. The second-order valence-corrected chi connectivity index (χ2v) is 4.86. The summed E-state index contributed by atoms with van der Waals surface area (Å²) in [6, 6.07) is 10.2. The Morgan fingerprint density at radius 2 is 1.78 bits per heavy atom. The lowest BCUT2D eigenvalue weighted by Gasteiger charge is -2.11. The highest BCUT2D eigenvalue weighted by Gasteiger charge is 2.12. The summed E-state index contributed by atoms with van der Waals surface area (Å²) in [6.07, 6.45) is 0.751. The molecule has 0 unspecified atom stereocenters. The molecule has 1 N–H and O–H groups in total. The number of aliphatic hydroxyl groups is 1. The summed E-state index contributed by atoms with van der Waals surface area (Å²) in [6.45, 7) is 5.07. The monoisotopic (exact) mass is 245 g/mol. The van der Waals surface area contributed by atoms with E-state index in [-0.39, 0.29) is 6.61 Å². The highest BCUT2D eigenvalue weighted by molar-refractivity contribution is 5.19. The van der Waals surface area contributed by atoms with Gasteiger partial charge in [0.15, 0.2) is 5.82 Å². The average molecular weight is 245 g/mol. The van der Waals surface area contributed by atoms with Gasteiger partial charge >= 0.3 is 0 Å². The van der Waals surface area contributed by atoms with Crippen molar-refractivity contribution in [2.24, 2.45) is 5.92 Å². The molecule has 0 saturated carbocycles. The molecule has 1 aromatic carbocycles. The SMILES string of the molecule is CC(C)Cn1c(CO)nnc1Cc1ccccc1. The fourth-order valence-corrected chi connectivity index (χ4v) is 1.97. The van der Waals surface area contributed by atoms with E-state index in [1.807, 2.05) is 22.8 Å². The molecule has 0 bridgehead atoms. The number of rotatable bonds is 5. The fraction of sp³-hybridized carbons (Fsp3) is 0.429. The largest absolute Gasteiger partial charge is 0.388 e. The fourth-order valence-electron chi connectivity index (χ4n) is 1.97. The van der Waals surface area contributed by atoms with Crippen molar-refractivity contribution in [2.45, 2.75) is 33.4 Å². The molecule has 0 saturated heterocycles. The van der Waals surface area contributed by atoms with Gasteiger partial charge in [0, 0.05) is 13.0 Å². The van der Waals surface area contributed by atoms with Gasteiger partial charge in [-0.2, -0.15) is 0 Å². The molecule has 0 aliphatic rings. The lowest BCUT2D eigenvalue weighted by molar-refractivity contribution is 0.261. The minimum Gasteiger partial charge on any atom is -0.388 e. The average Bonchev–Trinajstić information content (AvgIpc) is 2.72. The molecule has 2 aromatic rings. The summed E-state index contributed by atoms with van der Waals surface area (Å²) in [5.41, 5.74) is 1.21. The Balaban J connectivity index is 2.24. The number of aromatic nitrogens is 3. The maximum atomic E-state index is 9.29. The van der Waals surface area contributed by atoms with Crippen LogP contribution in [-0.2, 0) is 19.6 Å². The minimum atomic E-state index is -0.0610. The van der Waals surface area contributed by atoms with Crippen molar-refractivity contribution in [3.8, 4) is 0 Å². The van der Waals surface area contributed by atoms with Gasteiger partial charge in [0.25, 0.3) is 0 Å². The highest BCUT2D eigenvalue weighted by Crippen LogP contribution is 2.12. The molecule has 0 fully saturated rings. The van der Waals surface area contributed by atoms with Crippen LogP contribution in [0.25, 0.3) is 0 Å². The summed E-state index contributed by atoms with van der Waals surface area (Å²) in [5, 5.41) is 17.5. The highest BCUT2D eigenvalue weighted by atomic mass is 16.3. The number of hydrogen-bond acceptors (Lipinski definition) is 3. The zero-order chi connectivity index (χ0) is 13.0. The third-order valence-electron chi connectivity index (χ3n) is 2.80. The van der Waals surface area contributed by atoms with Crippen LogP contribution >= 0.6 is 0 Å². The molecule has 96 valence electrons. The molecule has 18 heavy (non-hydrogen) atoms. The molecule has 4 heteroatoms. The second kappa shape index (κ2) is 5.78. The Morgan fingerprint density at radius 3 is 2.39 bits per heavy atom. The molecule has 2 rings (SSSR count). The normalized spacial score (nSPS) is 11.1. The van der Waals surface area contributed by atoms with E-state index in [1.54, 1.807) is 0 Å². The Bertz CT molecular complexity index is 491. The van der Waals surface area contributed by atoms with E-state index in [2.05, 4.69) is 36.2 Å². The maximum Gasteiger partial charge on any atom is 0.158 e. The van der Waals surface area contributed by atoms with E-state index < -0.39 is 0 Å². The van der Waals surface area contributed by atoms with Crippen LogP contribution in [0.3, 0.4) is 0 Å². The number of aliphatic hydroxyl groups excluding tert-OH is 1. The Morgan fingerprint density at radius 1 is 1.11 bits per heavy atom. The van der Waals surface area contributed by atoms with Crippen LogP contribution in [-0.4, -0.2) is 19.9 Å². The van der Waals surface area contributed by atoms with Gasteiger partial charge in [0.2, 0.25) is 0 Å². The van der Waals surface area contributed by atoms with Crippen molar-refractivity contribution in [2.75, 3.05) is 0 Å². The molecule has 0 atom stereocenters. The van der Waals surface area contributed by atoms with Gasteiger partial charge in [0.05, 0.1) is 0 Å². The van der Waals surface area contributed by atoms with Crippen LogP contribution in [0.4, 0.5) is 0 Å². The molecule has 1 aromatic heterocycles. The van der Waals surface area contributed by atoms with Crippen LogP contribution < -0.4 is 0 Å². The molecular weight excluding hydrogens is 226 g/mol. The Labute approximate surface area is 107 Å². The second-order valence-electron chi connectivity index (χ2n) is 4.86. The van der Waals surface area contributed by atoms with E-state index >= 15 is 0 Å². The first-order valence-corrected chi connectivity index (χ1v) is 6.26. The summed E-state index contributed by atoms with van der Waals surface area (Å²) >= 11 is 0.